The highest BCUT2D eigenvalue weighted by molar-refractivity contribution is 9.10. The Bertz CT molecular complexity index is 546. The van der Waals surface area contributed by atoms with Gasteiger partial charge in [-0.05, 0) is 24.6 Å². The lowest BCUT2D eigenvalue weighted by Crippen LogP contribution is -2.39. The van der Waals surface area contributed by atoms with Crippen LogP contribution in [0.2, 0.25) is 0 Å². The zero-order chi connectivity index (χ0) is 14.7. The number of rotatable bonds is 4. The number of fused-ring (bicyclic) bond motifs is 1. The topological polar surface area (TPSA) is 84.9 Å². The smallest absolute Gasteiger partial charge is 0.325 e. The number of benzene rings is 1. The van der Waals surface area contributed by atoms with Gasteiger partial charge in [0.15, 0.2) is 11.5 Å². The van der Waals surface area contributed by atoms with Crippen molar-refractivity contribution in [2.75, 3.05) is 13.2 Å². The molecule has 20 heavy (non-hydrogen) atoms. The van der Waals surface area contributed by atoms with Gasteiger partial charge in [0.05, 0.1) is 6.42 Å². The molecular formula is C13H14BrNO5. The Balaban J connectivity index is 2.09. The number of hydrogen-bond acceptors (Lipinski definition) is 4. The molecule has 0 bridgehead atoms. The van der Waals surface area contributed by atoms with Crippen molar-refractivity contribution < 1.29 is 24.2 Å². The molecular weight excluding hydrogens is 330 g/mol. The average Bonchev–Trinajstić information content (AvgIpc) is 2.39. The molecule has 0 fully saturated rings. The van der Waals surface area contributed by atoms with Crippen molar-refractivity contribution in [2.45, 2.75) is 19.4 Å². The van der Waals surface area contributed by atoms with Crippen LogP contribution >= 0.6 is 15.9 Å². The summed E-state index contributed by atoms with van der Waals surface area (Å²) in [5, 5.41) is 11.2. The SMILES string of the molecule is C[C@H](NC(=O)Cc1cc2c(cc1Br)OCCO2)C(=O)O. The molecule has 2 N–H and O–H groups in total. The van der Waals surface area contributed by atoms with Crippen LogP contribution in [0.5, 0.6) is 11.5 Å². The quantitative estimate of drug-likeness (QED) is 0.861. The third kappa shape index (κ3) is 3.41. The zero-order valence-electron chi connectivity index (χ0n) is 10.8. The van der Waals surface area contributed by atoms with E-state index in [0.29, 0.717) is 30.3 Å². The molecule has 0 spiro atoms. The number of carbonyl (C=O) groups excluding carboxylic acids is 1. The average molecular weight is 344 g/mol. The number of hydrogen-bond donors (Lipinski definition) is 2. The molecule has 1 aliphatic heterocycles. The first kappa shape index (κ1) is 14.6. The molecule has 0 saturated heterocycles. The third-order valence-corrected chi connectivity index (χ3v) is 3.55. The van der Waals surface area contributed by atoms with Crippen LogP contribution < -0.4 is 14.8 Å². The first-order valence-electron chi connectivity index (χ1n) is 6.07. The standard InChI is InChI=1S/C13H14BrNO5/c1-7(13(17)18)15-12(16)5-8-4-10-11(6-9(8)14)20-3-2-19-10/h4,6-7H,2-3,5H2,1H3,(H,15,16)(H,17,18)/t7-/m0/s1. The van der Waals surface area contributed by atoms with E-state index in [2.05, 4.69) is 21.2 Å². The van der Waals surface area contributed by atoms with Crippen molar-refractivity contribution in [3.63, 3.8) is 0 Å². The Morgan fingerprint density at radius 3 is 2.55 bits per heavy atom. The highest BCUT2D eigenvalue weighted by atomic mass is 79.9. The molecule has 0 aliphatic carbocycles. The van der Waals surface area contributed by atoms with Crippen LogP contribution in [0.3, 0.4) is 0 Å². The van der Waals surface area contributed by atoms with E-state index in [9.17, 15) is 9.59 Å². The van der Waals surface area contributed by atoms with Gasteiger partial charge in [0.25, 0.3) is 0 Å². The number of carboxylic acids is 1. The minimum absolute atomic E-state index is 0.0643. The predicted octanol–water partition coefficient (Wildman–Crippen LogP) is 1.35. The third-order valence-electron chi connectivity index (χ3n) is 2.81. The number of carboxylic acid groups (broad SMARTS) is 1. The predicted molar refractivity (Wildman–Crippen MR) is 74.1 cm³/mol. The second-order valence-corrected chi connectivity index (χ2v) is 5.25. The maximum absolute atomic E-state index is 11.8. The van der Waals surface area contributed by atoms with Crippen LogP contribution in [-0.2, 0) is 16.0 Å². The highest BCUT2D eigenvalue weighted by Gasteiger charge is 2.18. The summed E-state index contributed by atoms with van der Waals surface area (Å²) in [6, 6.07) is 2.56. The van der Waals surface area contributed by atoms with Gasteiger partial charge in [-0.2, -0.15) is 0 Å². The number of ether oxygens (including phenoxy) is 2. The first-order chi connectivity index (χ1) is 9.47. The summed E-state index contributed by atoms with van der Waals surface area (Å²) in [6.07, 6.45) is 0.0643. The first-order valence-corrected chi connectivity index (χ1v) is 6.87. The van der Waals surface area contributed by atoms with Crippen LogP contribution in [0.1, 0.15) is 12.5 Å². The highest BCUT2D eigenvalue weighted by Crippen LogP contribution is 2.35. The van der Waals surface area contributed by atoms with Gasteiger partial charge in [-0.1, -0.05) is 15.9 Å². The molecule has 1 atom stereocenters. The Morgan fingerprint density at radius 2 is 1.95 bits per heavy atom. The van der Waals surface area contributed by atoms with Crippen molar-refractivity contribution in [2.24, 2.45) is 0 Å². The van der Waals surface area contributed by atoms with Gasteiger partial charge < -0.3 is 19.9 Å². The maximum atomic E-state index is 11.8. The van der Waals surface area contributed by atoms with Gasteiger partial charge >= 0.3 is 5.97 Å². The van der Waals surface area contributed by atoms with Crippen LogP contribution in [-0.4, -0.2) is 36.2 Å². The van der Waals surface area contributed by atoms with E-state index in [0.717, 1.165) is 4.47 Å². The van der Waals surface area contributed by atoms with Gasteiger partial charge in [0.2, 0.25) is 5.91 Å². The van der Waals surface area contributed by atoms with Crippen LogP contribution in [0.15, 0.2) is 16.6 Å². The summed E-state index contributed by atoms with van der Waals surface area (Å²) in [6.45, 7) is 2.38. The van der Waals surface area contributed by atoms with E-state index in [1.165, 1.54) is 6.92 Å². The minimum atomic E-state index is -1.07. The van der Waals surface area contributed by atoms with Gasteiger partial charge in [-0.25, -0.2) is 0 Å². The van der Waals surface area contributed by atoms with Crippen molar-refractivity contribution >= 4 is 27.8 Å². The summed E-state index contributed by atoms with van der Waals surface area (Å²) in [4.78, 5) is 22.5. The van der Waals surface area contributed by atoms with Crippen molar-refractivity contribution in [3.8, 4) is 11.5 Å². The lowest BCUT2D eigenvalue weighted by Gasteiger charge is -2.20. The molecule has 1 heterocycles. The van der Waals surface area contributed by atoms with Gasteiger partial charge in [-0.3, -0.25) is 9.59 Å². The monoisotopic (exact) mass is 343 g/mol. The second kappa shape index (κ2) is 6.13. The molecule has 108 valence electrons. The molecule has 1 amide bonds. The molecule has 0 unspecified atom stereocenters. The molecule has 1 aromatic carbocycles. The number of halogens is 1. The molecule has 0 saturated carbocycles. The lowest BCUT2D eigenvalue weighted by molar-refractivity contribution is -0.141. The fourth-order valence-corrected chi connectivity index (χ4v) is 2.23. The zero-order valence-corrected chi connectivity index (χ0v) is 12.4. The largest absolute Gasteiger partial charge is 0.486 e. The molecule has 7 heteroatoms. The molecule has 2 rings (SSSR count). The number of nitrogens with one attached hydrogen (secondary N) is 1. The van der Waals surface area contributed by atoms with E-state index in [-0.39, 0.29) is 12.3 Å². The van der Waals surface area contributed by atoms with Crippen molar-refractivity contribution in [1.29, 1.82) is 0 Å². The van der Waals surface area contributed by atoms with Crippen LogP contribution in [0, 0.1) is 0 Å². The van der Waals surface area contributed by atoms with E-state index in [4.69, 9.17) is 14.6 Å². The fourth-order valence-electron chi connectivity index (χ4n) is 1.77. The van der Waals surface area contributed by atoms with E-state index in [1.54, 1.807) is 12.1 Å². The van der Waals surface area contributed by atoms with E-state index < -0.39 is 12.0 Å². The molecule has 0 radical (unpaired) electrons. The molecule has 1 aromatic rings. The van der Waals surface area contributed by atoms with E-state index in [1.807, 2.05) is 0 Å². The Morgan fingerprint density at radius 1 is 1.35 bits per heavy atom. The lowest BCUT2D eigenvalue weighted by atomic mass is 10.1. The Hall–Kier alpha value is -1.76. The summed E-state index contributed by atoms with van der Waals surface area (Å²) in [7, 11) is 0. The minimum Gasteiger partial charge on any atom is -0.486 e. The summed E-state index contributed by atoms with van der Waals surface area (Å²) >= 11 is 3.37. The van der Waals surface area contributed by atoms with Crippen molar-refractivity contribution in [3.05, 3.63) is 22.2 Å². The van der Waals surface area contributed by atoms with Gasteiger partial charge in [0, 0.05) is 4.47 Å². The maximum Gasteiger partial charge on any atom is 0.325 e. The van der Waals surface area contributed by atoms with Gasteiger partial charge in [-0.15, -0.1) is 0 Å². The van der Waals surface area contributed by atoms with Crippen molar-refractivity contribution in [1.82, 2.24) is 5.32 Å². The normalized spacial score (nSPS) is 14.5. The summed E-state index contributed by atoms with van der Waals surface area (Å²) in [5.74, 6) is -0.211. The van der Waals surface area contributed by atoms with Crippen LogP contribution in [0.4, 0.5) is 0 Å². The second-order valence-electron chi connectivity index (χ2n) is 4.39. The Labute approximate surface area is 124 Å². The molecule has 0 aromatic heterocycles. The van der Waals surface area contributed by atoms with Crippen LogP contribution in [0.25, 0.3) is 0 Å². The van der Waals surface area contributed by atoms with E-state index >= 15 is 0 Å². The number of aliphatic carboxylic acids is 1. The summed E-state index contributed by atoms with van der Waals surface area (Å²) < 4.78 is 11.6. The molecule has 6 nitrogen and oxygen atoms in total. The van der Waals surface area contributed by atoms with Gasteiger partial charge in [0.1, 0.15) is 19.3 Å². The number of carbonyl (C=O) groups is 2. The number of amides is 1. The summed E-state index contributed by atoms with van der Waals surface area (Å²) in [5.41, 5.74) is 0.712. The fraction of sp³-hybridized carbons (Fsp3) is 0.385. The Kier molecular flexibility index (Phi) is 4.49. The molecule has 1 aliphatic rings.